The van der Waals surface area contributed by atoms with E-state index in [4.69, 9.17) is 12.2 Å². The highest BCUT2D eigenvalue weighted by atomic mass is 32.1. The lowest BCUT2D eigenvalue weighted by Gasteiger charge is -2.11. The van der Waals surface area contributed by atoms with Crippen molar-refractivity contribution in [2.75, 3.05) is 26.0 Å². The summed E-state index contributed by atoms with van der Waals surface area (Å²) < 4.78 is 0. The highest BCUT2D eigenvalue weighted by Crippen LogP contribution is 2.10. The van der Waals surface area contributed by atoms with E-state index in [1.807, 2.05) is 38.4 Å². The summed E-state index contributed by atoms with van der Waals surface area (Å²) in [4.78, 5) is 2.05. The van der Waals surface area contributed by atoms with Gasteiger partial charge in [0.1, 0.15) is 0 Å². The van der Waals surface area contributed by atoms with Crippen molar-refractivity contribution in [3.8, 4) is 0 Å². The van der Waals surface area contributed by atoms with Crippen LogP contribution in [0.15, 0.2) is 29.4 Å². The first kappa shape index (κ1) is 12.4. The summed E-state index contributed by atoms with van der Waals surface area (Å²) in [5.41, 5.74) is 4.89. The molecule has 0 spiro atoms. The van der Waals surface area contributed by atoms with Crippen molar-refractivity contribution >= 4 is 29.2 Å². The van der Waals surface area contributed by atoms with Gasteiger partial charge in [0.25, 0.3) is 0 Å². The smallest absolute Gasteiger partial charge is 0.186 e. The zero-order chi connectivity index (χ0) is 12.0. The fraction of sp³-hybridized carbons (Fsp3) is 0.273. The Hall–Kier alpha value is -1.62. The van der Waals surface area contributed by atoms with E-state index in [-0.39, 0.29) is 0 Å². The van der Waals surface area contributed by atoms with E-state index in [9.17, 15) is 0 Å². The first-order valence-electron chi connectivity index (χ1n) is 4.91. The summed E-state index contributed by atoms with van der Waals surface area (Å²) in [7, 11) is 5.77. The van der Waals surface area contributed by atoms with E-state index in [2.05, 4.69) is 20.7 Å². The largest absolute Gasteiger partial charge is 0.378 e. The van der Waals surface area contributed by atoms with Gasteiger partial charge in [0.05, 0.1) is 6.21 Å². The van der Waals surface area contributed by atoms with Crippen LogP contribution in [0.3, 0.4) is 0 Å². The fourth-order valence-electron chi connectivity index (χ4n) is 1.08. The van der Waals surface area contributed by atoms with Gasteiger partial charge in [-0.1, -0.05) is 12.1 Å². The van der Waals surface area contributed by atoms with Crippen molar-refractivity contribution in [1.29, 1.82) is 0 Å². The van der Waals surface area contributed by atoms with Crippen LogP contribution in [0.2, 0.25) is 0 Å². The average molecular weight is 236 g/mol. The molecule has 0 bridgehead atoms. The fourth-order valence-corrected chi connectivity index (χ4v) is 1.13. The van der Waals surface area contributed by atoms with Gasteiger partial charge in [0, 0.05) is 26.8 Å². The Bertz CT molecular complexity index is 370. The van der Waals surface area contributed by atoms with Gasteiger partial charge in [-0.05, 0) is 29.9 Å². The van der Waals surface area contributed by atoms with Crippen molar-refractivity contribution in [1.82, 2.24) is 10.7 Å². The van der Waals surface area contributed by atoms with Gasteiger partial charge >= 0.3 is 0 Å². The lowest BCUT2D eigenvalue weighted by atomic mass is 10.2. The van der Waals surface area contributed by atoms with E-state index in [0.29, 0.717) is 5.11 Å². The highest BCUT2D eigenvalue weighted by Gasteiger charge is 1.93. The molecule has 0 saturated carbocycles. The molecule has 0 aliphatic rings. The number of thiocarbonyl (C=S) groups is 1. The standard InChI is InChI=1S/C11H16N4S/c1-12-11(16)14-13-8-9-4-6-10(7-5-9)15(2)3/h4-8H,1-3H3,(H2,12,14,16)/b13-8-. The molecule has 0 unspecified atom stereocenters. The lowest BCUT2D eigenvalue weighted by molar-refractivity contribution is 0.982. The maximum Gasteiger partial charge on any atom is 0.186 e. The van der Waals surface area contributed by atoms with Gasteiger partial charge < -0.3 is 10.2 Å². The number of hydrogen-bond acceptors (Lipinski definition) is 3. The second-order valence-electron chi connectivity index (χ2n) is 3.44. The third-order valence-electron chi connectivity index (χ3n) is 2.02. The zero-order valence-electron chi connectivity index (χ0n) is 9.69. The van der Waals surface area contributed by atoms with Crippen molar-refractivity contribution < 1.29 is 0 Å². The van der Waals surface area contributed by atoms with Crippen LogP contribution in [-0.4, -0.2) is 32.5 Å². The summed E-state index contributed by atoms with van der Waals surface area (Å²) in [6, 6.07) is 8.08. The SMILES string of the molecule is CNC(=S)N/N=C\c1ccc(N(C)C)cc1. The molecule has 4 nitrogen and oxygen atoms in total. The molecule has 5 heteroatoms. The average Bonchev–Trinajstić information content (AvgIpc) is 2.29. The predicted molar refractivity (Wildman–Crippen MR) is 73.2 cm³/mol. The molecular weight excluding hydrogens is 220 g/mol. The van der Waals surface area contributed by atoms with Crippen LogP contribution in [0, 0.1) is 0 Å². The number of hydrogen-bond donors (Lipinski definition) is 2. The second kappa shape index (κ2) is 6.07. The summed E-state index contributed by atoms with van der Waals surface area (Å²) in [5, 5.41) is 7.27. The van der Waals surface area contributed by atoms with Crippen LogP contribution in [-0.2, 0) is 0 Å². The number of rotatable bonds is 3. The first-order valence-corrected chi connectivity index (χ1v) is 5.32. The molecule has 1 aromatic rings. The zero-order valence-corrected chi connectivity index (χ0v) is 10.5. The minimum absolute atomic E-state index is 0.501. The van der Waals surface area contributed by atoms with Crippen LogP contribution in [0.1, 0.15) is 5.56 Å². The summed E-state index contributed by atoms with van der Waals surface area (Å²) in [6.45, 7) is 0. The normalized spacial score (nSPS) is 10.2. The number of anilines is 1. The van der Waals surface area contributed by atoms with Crippen LogP contribution in [0.25, 0.3) is 0 Å². The van der Waals surface area contributed by atoms with Crippen LogP contribution in [0.4, 0.5) is 5.69 Å². The van der Waals surface area contributed by atoms with Crippen LogP contribution in [0.5, 0.6) is 0 Å². The minimum atomic E-state index is 0.501. The van der Waals surface area contributed by atoms with Crippen molar-refractivity contribution in [2.24, 2.45) is 5.10 Å². The number of benzene rings is 1. The van der Waals surface area contributed by atoms with Gasteiger partial charge in [-0.2, -0.15) is 5.10 Å². The third kappa shape index (κ3) is 3.86. The molecule has 0 amide bonds. The quantitative estimate of drug-likeness (QED) is 0.470. The number of nitrogens with zero attached hydrogens (tertiary/aromatic N) is 2. The lowest BCUT2D eigenvalue weighted by Crippen LogP contribution is -2.28. The van der Waals surface area contributed by atoms with E-state index in [0.717, 1.165) is 11.3 Å². The molecular formula is C11H16N4S. The molecule has 86 valence electrons. The van der Waals surface area contributed by atoms with Crippen molar-refractivity contribution in [2.45, 2.75) is 0 Å². The topological polar surface area (TPSA) is 39.7 Å². The molecule has 0 fully saturated rings. The molecule has 0 radical (unpaired) electrons. The maximum atomic E-state index is 4.88. The summed E-state index contributed by atoms with van der Waals surface area (Å²) in [6.07, 6.45) is 1.73. The highest BCUT2D eigenvalue weighted by molar-refractivity contribution is 7.80. The van der Waals surface area contributed by atoms with Gasteiger partial charge in [0.15, 0.2) is 5.11 Å². The Labute approximate surface area is 101 Å². The molecule has 1 rings (SSSR count). The Morgan fingerprint density at radius 3 is 2.44 bits per heavy atom. The second-order valence-corrected chi connectivity index (χ2v) is 3.84. The van der Waals surface area contributed by atoms with Gasteiger partial charge in [-0.25, -0.2) is 0 Å². The van der Waals surface area contributed by atoms with Crippen LogP contribution >= 0.6 is 12.2 Å². The summed E-state index contributed by atoms with van der Waals surface area (Å²) >= 11 is 4.88. The molecule has 0 aliphatic heterocycles. The summed E-state index contributed by atoms with van der Waals surface area (Å²) in [5.74, 6) is 0. The molecule has 0 atom stereocenters. The molecule has 0 aliphatic carbocycles. The molecule has 0 saturated heterocycles. The number of hydrazone groups is 1. The predicted octanol–water partition coefficient (Wildman–Crippen LogP) is 1.18. The Morgan fingerprint density at radius 1 is 1.31 bits per heavy atom. The molecule has 0 heterocycles. The van der Waals surface area contributed by atoms with E-state index >= 15 is 0 Å². The molecule has 0 aromatic heterocycles. The maximum absolute atomic E-state index is 4.88. The molecule has 1 aromatic carbocycles. The third-order valence-corrected chi connectivity index (χ3v) is 2.31. The molecule has 2 N–H and O–H groups in total. The van der Waals surface area contributed by atoms with Crippen molar-refractivity contribution in [3.63, 3.8) is 0 Å². The van der Waals surface area contributed by atoms with Gasteiger partial charge in [-0.15, -0.1) is 0 Å². The van der Waals surface area contributed by atoms with E-state index in [1.165, 1.54) is 0 Å². The first-order chi connectivity index (χ1) is 7.63. The molecule has 16 heavy (non-hydrogen) atoms. The Morgan fingerprint density at radius 2 is 1.94 bits per heavy atom. The Balaban J connectivity index is 2.58. The van der Waals surface area contributed by atoms with Gasteiger partial charge in [-0.3, -0.25) is 5.43 Å². The van der Waals surface area contributed by atoms with Crippen molar-refractivity contribution in [3.05, 3.63) is 29.8 Å². The van der Waals surface area contributed by atoms with E-state index < -0.39 is 0 Å². The van der Waals surface area contributed by atoms with Gasteiger partial charge in [0.2, 0.25) is 0 Å². The van der Waals surface area contributed by atoms with Crippen LogP contribution < -0.4 is 15.6 Å². The Kier molecular flexibility index (Phi) is 4.72. The number of nitrogens with one attached hydrogen (secondary N) is 2. The minimum Gasteiger partial charge on any atom is -0.378 e. The monoisotopic (exact) mass is 236 g/mol. The van der Waals surface area contributed by atoms with E-state index in [1.54, 1.807) is 13.3 Å².